The summed E-state index contributed by atoms with van der Waals surface area (Å²) >= 11 is 1.88. The first-order valence-corrected chi connectivity index (χ1v) is 19.6. The highest BCUT2D eigenvalue weighted by Crippen LogP contribution is 2.30. The Bertz CT molecular complexity index is 1550. The van der Waals surface area contributed by atoms with Gasteiger partial charge in [0.2, 0.25) is 0 Å². The van der Waals surface area contributed by atoms with Gasteiger partial charge in [0.15, 0.2) is 11.5 Å². The lowest BCUT2D eigenvalue weighted by atomic mass is 9.91. The summed E-state index contributed by atoms with van der Waals surface area (Å²) < 4.78 is 7.11. The van der Waals surface area contributed by atoms with Gasteiger partial charge in [0, 0.05) is 39.9 Å². The minimum atomic E-state index is -0.164. The van der Waals surface area contributed by atoms with Gasteiger partial charge in [-0.25, -0.2) is 4.98 Å². The number of ether oxygens (including phenoxy) is 1. The number of rotatable bonds is 22. The van der Waals surface area contributed by atoms with Crippen LogP contribution in [0.2, 0.25) is 0 Å². The van der Waals surface area contributed by atoms with E-state index in [2.05, 4.69) is 57.7 Å². The molecule has 0 radical (unpaired) electrons. The van der Waals surface area contributed by atoms with Gasteiger partial charge in [-0.3, -0.25) is 0 Å². The Morgan fingerprint density at radius 1 is 0.792 bits per heavy atom. The van der Waals surface area contributed by atoms with Crippen LogP contribution in [-0.2, 0) is 5.41 Å². The van der Waals surface area contributed by atoms with Gasteiger partial charge in [0.25, 0.3) is 0 Å². The average molecular weight is 675 g/mol. The van der Waals surface area contributed by atoms with E-state index < -0.39 is 0 Å². The van der Waals surface area contributed by atoms with E-state index in [0.717, 1.165) is 41.0 Å². The van der Waals surface area contributed by atoms with Crippen molar-refractivity contribution in [2.24, 2.45) is 0 Å². The Hall–Kier alpha value is -3.13. The van der Waals surface area contributed by atoms with Gasteiger partial charge in [0.1, 0.15) is 5.75 Å². The van der Waals surface area contributed by atoms with Crippen LogP contribution in [0.15, 0.2) is 30.3 Å². The standard InChI is InChI=1S/C40H62N6OS/c1-7-9-11-13-15-17-19-21-27-45(28-22-20-18-16-14-12-10-8-2)36-26-24-32(48-36)30-34-37(40(3,4)5)43-46-39(34)42-38(44-46)33-29-31(47-6)23-25-35(33)41/h23-26,29-30H,7-22,27-28,41H2,1-6H3. The Kier molecular flexibility index (Phi) is 15.0. The molecule has 0 bridgehead atoms. The van der Waals surface area contributed by atoms with Crippen molar-refractivity contribution in [3.8, 4) is 17.1 Å². The summed E-state index contributed by atoms with van der Waals surface area (Å²) in [5.74, 6) is 1.27. The molecule has 0 spiro atoms. The first-order chi connectivity index (χ1) is 23.2. The third-order valence-electron chi connectivity index (χ3n) is 9.27. The summed E-state index contributed by atoms with van der Waals surface area (Å²) in [5.41, 5.74) is 9.28. The number of hydrogen-bond donors (Lipinski definition) is 1. The van der Waals surface area contributed by atoms with E-state index in [9.17, 15) is 0 Å². The topological polar surface area (TPSA) is 81.6 Å². The second-order valence-corrected chi connectivity index (χ2v) is 15.6. The van der Waals surface area contributed by atoms with E-state index >= 15 is 0 Å². The maximum absolute atomic E-state index is 6.33. The summed E-state index contributed by atoms with van der Waals surface area (Å²) in [4.78, 5) is 8.84. The van der Waals surface area contributed by atoms with Crippen LogP contribution in [0, 0.1) is 0 Å². The Labute approximate surface area is 294 Å². The van der Waals surface area contributed by atoms with Gasteiger partial charge in [0.05, 0.1) is 17.8 Å². The number of anilines is 2. The molecule has 4 rings (SSSR count). The number of hydrogen-bond acceptors (Lipinski definition) is 7. The molecule has 4 aromatic rings. The Morgan fingerprint density at radius 3 is 1.94 bits per heavy atom. The number of benzene rings is 1. The molecule has 0 aliphatic heterocycles. The molecule has 3 aromatic heterocycles. The molecular formula is C40H62N6OS. The molecule has 0 saturated carbocycles. The number of nitrogens with zero attached hydrogens (tertiary/aromatic N) is 5. The van der Waals surface area contributed by atoms with E-state index in [-0.39, 0.29) is 5.41 Å². The second-order valence-electron chi connectivity index (χ2n) is 14.5. The highest BCUT2D eigenvalue weighted by Gasteiger charge is 2.24. The number of nitrogen functional groups attached to an aromatic ring is 1. The van der Waals surface area contributed by atoms with Crippen LogP contribution in [0.4, 0.5) is 10.7 Å². The van der Waals surface area contributed by atoms with Crippen molar-refractivity contribution in [2.75, 3.05) is 30.8 Å². The second kappa shape index (κ2) is 19.2. The van der Waals surface area contributed by atoms with Gasteiger partial charge in [-0.15, -0.1) is 21.1 Å². The van der Waals surface area contributed by atoms with Crippen molar-refractivity contribution >= 4 is 33.7 Å². The normalized spacial score (nSPS) is 12.4. The minimum absolute atomic E-state index is 0.164. The van der Waals surface area contributed by atoms with Crippen molar-refractivity contribution in [3.05, 3.63) is 46.1 Å². The molecule has 7 nitrogen and oxygen atoms in total. The van der Waals surface area contributed by atoms with Crippen molar-refractivity contribution in [1.29, 1.82) is 0 Å². The number of methoxy groups -OCH3 is 1. The van der Waals surface area contributed by atoms with Gasteiger partial charge in [-0.05, 0) is 49.2 Å². The third kappa shape index (κ3) is 10.9. The highest BCUT2D eigenvalue weighted by atomic mass is 32.1. The van der Waals surface area contributed by atoms with Crippen molar-refractivity contribution in [3.63, 3.8) is 0 Å². The molecule has 0 fully saturated rings. The van der Waals surface area contributed by atoms with E-state index in [0.29, 0.717) is 11.5 Å². The molecule has 1 aromatic carbocycles. The zero-order valence-electron chi connectivity index (χ0n) is 30.8. The van der Waals surface area contributed by atoms with Crippen molar-refractivity contribution in [2.45, 2.75) is 143 Å². The van der Waals surface area contributed by atoms with Gasteiger partial charge in [-0.1, -0.05) is 125 Å². The minimum Gasteiger partial charge on any atom is -0.497 e. The first kappa shape index (κ1) is 37.7. The molecule has 0 unspecified atom stereocenters. The average Bonchev–Trinajstić information content (AvgIpc) is 3.79. The van der Waals surface area contributed by atoms with E-state index in [1.807, 2.05) is 29.5 Å². The monoisotopic (exact) mass is 674 g/mol. The van der Waals surface area contributed by atoms with Crippen LogP contribution in [0.5, 0.6) is 5.75 Å². The quantitative estimate of drug-likeness (QED) is 0.0660. The van der Waals surface area contributed by atoms with Crippen LogP contribution >= 0.6 is 11.3 Å². The van der Waals surface area contributed by atoms with E-state index in [4.69, 9.17) is 25.7 Å². The number of aromatic nitrogens is 4. The molecule has 2 N–H and O–H groups in total. The van der Waals surface area contributed by atoms with Crippen LogP contribution in [0.25, 0.3) is 23.1 Å². The molecule has 48 heavy (non-hydrogen) atoms. The number of nitrogens with two attached hydrogens (primary N) is 1. The maximum Gasteiger partial charge on any atom is 0.186 e. The molecule has 3 heterocycles. The molecule has 0 amide bonds. The molecule has 264 valence electrons. The fraction of sp³-hybridized carbons (Fsp3) is 0.625. The molecule has 8 heteroatoms. The molecule has 0 saturated heterocycles. The number of fused-ring (bicyclic) bond motifs is 1. The summed E-state index contributed by atoms with van der Waals surface area (Å²) in [6, 6.07) is 10.2. The smallest absolute Gasteiger partial charge is 0.186 e. The zero-order chi connectivity index (χ0) is 34.4. The molecule has 0 atom stereocenters. The van der Waals surface area contributed by atoms with Crippen LogP contribution < -0.4 is 20.6 Å². The summed E-state index contributed by atoms with van der Waals surface area (Å²) in [6.07, 6.45) is 23.9. The Balaban J connectivity index is 1.53. The fourth-order valence-electron chi connectivity index (χ4n) is 6.39. The lowest BCUT2D eigenvalue weighted by Crippen LogP contribution is -2.24. The Morgan fingerprint density at radius 2 is 1.38 bits per heavy atom. The summed E-state index contributed by atoms with van der Waals surface area (Å²) in [7, 11) is 1.65. The lowest BCUT2D eigenvalue weighted by Gasteiger charge is -2.23. The predicted octanol–water partition coefficient (Wildman–Crippen LogP) is 10.4. The summed E-state index contributed by atoms with van der Waals surface area (Å²) in [6.45, 7) is 13.4. The summed E-state index contributed by atoms with van der Waals surface area (Å²) in [5, 5.41) is 12.1. The van der Waals surface area contributed by atoms with Crippen LogP contribution in [0.1, 0.15) is 148 Å². The maximum atomic E-state index is 6.33. The van der Waals surface area contributed by atoms with Gasteiger partial charge < -0.3 is 15.4 Å². The van der Waals surface area contributed by atoms with Crippen molar-refractivity contribution < 1.29 is 4.74 Å². The fourth-order valence-corrected chi connectivity index (χ4v) is 7.39. The predicted molar refractivity (Wildman–Crippen MR) is 206 cm³/mol. The lowest BCUT2D eigenvalue weighted by molar-refractivity contribution is 0.415. The highest BCUT2D eigenvalue weighted by molar-refractivity contribution is 7.16. The van der Waals surface area contributed by atoms with E-state index in [1.54, 1.807) is 11.7 Å². The van der Waals surface area contributed by atoms with Gasteiger partial charge in [-0.2, -0.15) is 5.10 Å². The van der Waals surface area contributed by atoms with Crippen molar-refractivity contribution in [1.82, 2.24) is 19.8 Å². The van der Waals surface area contributed by atoms with E-state index in [1.165, 1.54) is 113 Å². The SMILES string of the molecule is CCCCCCCCCCN(CCCCCCCCCC)c1ccc(C=c2c(C(C)(C)C)nn3nc(-c4cc(OC)ccc4N)nc23)s1. The number of thiophene rings is 1. The molecule has 0 aliphatic carbocycles. The molecular weight excluding hydrogens is 613 g/mol. The largest absolute Gasteiger partial charge is 0.497 e. The van der Waals surface area contributed by atoms with Crippen LogP contribution in [0.3, 0.4) is 0 Å². The number of unbranched alkanes of at least 4 members (excludes halogenated alkanes) is 14. The van der Waals surface area contributed by atoms with Gasteiger partial charge >= 0.3 is 0 Å². The van der Waals surface area contributed by atoms with Crippen LogP contribution in [-0.4, -0.2) is 40.0 Å². The molecule has 0 aliphatic rings. The third-order valence-corrected chi connectivity index (χ3v) is 10.4. The first-order valence-electron chi connectivity index (χ1n) is 18.8. The zero-order valence-corrected chi connectivity index (χ0v) is 31.6.